The molecule has 0 rings (SSSR count). The molecular weight excluding hydrogens is 288 g/mol. The van der Waals surface area contributed by atoms with E-state index in [9.17, 15) is 14.4 Å². The molecule has 0 radical (unpaired) electrons. The summed E-state index contributed by atoms with van der Waals surface area (Å²) in [4.78, 5) is 34.5. The Hall–Kier alpha value is -1.83. The molecule has 8 heteroatoms. The van der Waals surface area contributed by atoms with Gasteiger partial charge in [-0.3, -0.25) is 9.59 Å². The summed E-state index contributed by atoms with van der Waals surface area (Å²) in [7, 11) is 0. The lowest BCUT2D eigenvalue weighted by Gasteiger charge is -2.23. The van der Waals surface area contributed by atoms with Gasteiger partial charge in [-0.05, 0) is 32.6 Å². The van der Waals surface area contributed by atoms with Crippen LogP contribution in [0.3, 0.4) is 0 Å². The van der Waals surface area contributed by atoms with Crippen LogP contribution in [0.4, 0.5) is 4.79 Å². The molecule has 0 aliphatic rings. The molecule has 0 bridgehead atoms. The molecule has 0 aromatic carbocycles. The van der Waals surface area contributed by atoms with Gasteiger partial charge in [0.05, 0.1) is 6.04 Å². The van der Waals surface area contributed by atoms with E-state index in [0.717, 1.165) is 0 Å². The van der Waals surface area contributed by atoms with Crippen LogP contribution in [0, 0.1) is 5.92 Å². The Bertz CT molecular complexity index is 385. The minimum Gasteiger partial charge on any atom is -0.465 e. The fourth-order valence-corrected chi connectivity index (χ4v) is 1.73. The first kappa shape index (κ1) is 20.2. The molecule has 128 valence electrons. The van der Waals surface area contributed by atoms with E-state index >= 15 is 0 Å². The zero-order chi connectivity index (χ0) is 17.3. The first-order valence-corrected chi connectivity index (χ1v) is 7.48. The van der Waals surface area contributed by atoms with Gasteiger partial charge in [-0.1, -0.05) is 13.8 Å². The summed E-state index contributed by atoms with van der Waals surface area (Å²) >= 11 is 0. The van der Waals surface area contributed by atoms with Crippen molar-refractivity contribution >= 4 is 17.9 Å². The van der Waals surface area contributed by atoms with Crippen LogP contribution in [0.2, 0.25) is 0 Å². The van der Waals surface area contributed by atoms with Crippen LogP contribution in [0.5, 0.6) is 0 Å². The molecule has 22 heavy (non-hydrogen) atoms. The van der Waals surface area contributed by atoms with E-state index in [-0.39, 0.29) is 30.3 Å². The summed E-state index contributed by atoms with van der Waals surface area (Å²) in [5.74, 6) is -0.720. The summed E-state index contributed by atoms with van der Waals surface area (Å²) in [6.45, 7) is 7.51. The minimum atomic E-state index is -1.12. The zero-order valence-corrected chi connectivity index (χ0v) is 13.7. The van der Waals surface area contributed by atoms with E-state index in [1.54, 1.807) is 0 Å². The number of rotatable bonds is 9. The molecule has 8 nitrogen and oxygen atoms in total. The van der Waals surface area contributed by atoms with Gasteiger partial charge in [0.1, 0.15) is 6.04 Å². The average Bonchev–Trinajstić information content (AvgIpc) is 2.39. The predicted molar refractivity (Wildman–Crippen MR) is 83.3 cm³/mol. The highest BCUT2D eigenvalue weighted by atomic mass is 16.4. The van der Waals surface area contributed by atoms with E-state index in [2.05, 4.69) is 16.0 Å². The van der Waals surface area contributed by atoms with E-state index in [1.807, 2.05) is 27.7 Å². The van der Waals surface area contributed by atoms with Gasteiger partial charge in [0.2, 0.25) is 11.8 Å². The molecule has 0 saturated carbocycles. The molecule has 0 aliphatic carbocycles. The van der Waals surface area contributed by atoms with Crippen LogP contribution in [0.1, 0.15) is 40.5 Å². The third-order valence-electron chi connectivity index (χ3n) is 3.03. The Labute approximate surface area is 131 Å². The molecule has 0 spiro atoms. The standard InChI is InChI=1S/C14H28N4O4/c1-8(2)11(15)13(20)18-10(12(19)17-9(3)4)6-5-7-16-14(21)22/h8-11,16H,5-7,15H2,1-4H3,(H,17,19)(H,18,20)(H,21,22). The summed E-state index contributed by atoms with van der Waals surface area (Å²) in [5.41, 5.74) is 5.77. The smallest absolute Gasteiger partial charge is 0.404 e. The van der Waals surface area contributed by atoms with Gasteiger partial charge >= 0.3 is 6.09 Å². The van der Waals surface area contributed by atoms with Crippen LogP contribution in [0.25, 0.3) is 0 Å². The highest BCUT2D eigenvalue weighted by Crippen LogP contribution is 2.03. The van der Waals surface area contributed by atoms with Gasteiger partial charge in [-0.2, -0.15) is 0 Å². The van der Waals surface area contributed by atoms with Gasteiger partial charge in [-0.15, -0.1) is 0 Å². The molecule has 0 fully saturated rings. The molecule has 0 saturated heterocycles. The second-order valence-corrected chi connectivity index (χ2v) is 5.87. The van der Waals surface area contributed by atoms with Crippen molar-refractivity contribution in [3.63, 3.8) is 0 Å². The maximum Gasteiger partial charge on any atom is 0.404 e. The summed E-state index contributed by atoms with van der Waals surface area (Å²) in [6, 6.07) is -1.47. The highest BCUT2D eigenvalue weighted by Gasteiger charge is 2.25. The maximum atomic E-state index is 12.1. The molecule has 0 aliphatic heterocycles. The topological polar surface area (TPSA) is 134 Å². The van der Waals surface area contributed by atoms with Crippen LogP contribution in [-0.2, 0) is 9.59 Å². The van der Waals surface area contributed by atoms with E-state index in [0.29, 0.717) is 12.8 Å². The highest BCUT2D eigenvalue weighted by molar-refractivity contribution is 5.89. The van der Waals surface area contributed by atoms with Crippen LogP contribution in [0.15, 0.2) is 0 Å². The van der Waals surface area contributed by atoms with Crippen molar-refractivity contribution in [2.45, 2.75) is 58.7 Å². The fourth-order valence-electron chi connectivity index (χ4n) is 1.73. The number of amides is 3. The minimum absolute atomic E-state index is 0.0394. The van der Waals surface area contributed by atoms with Crippen molar-refractivity contribution in [1.82, 2.24) is 16.0 Å². The Morgan fingerprint density at radius 1 is 1.05 bits per heavy atom. The molecular formula is C14H28N4O4. The van der Waals surface area contributed by atoms with Crippen molar-refractivity contribution in [2.75, 3.05) is 6.54 Å². The number of carboxylic acid groups (broad SMARTS) is 1. The van der Waals surface area contributed by atoms with Crippen LogP contribution < -0.4 is 21.7 Å². The van der Waals surface area contributed by atoms with E-state index in [1.165, 1.54) is 0 Å². The molecule has 3 amide bonds. The van der Waals surface area contributed by atoms with Gasteiger partial charge in [-0.25, -0.2) is 4.79 Å². The second-order valence-electron chi connectivity index (χ2n) is 5.87. The normalized spacial score (nSPS) is 13.6. The van der Waals surface area contributed by atoms with E-state index < -0.39 is 18.2 Å². The molecule has 2 unspecified atom stereocenters. The lowest BCUT2D eigenvalue weighted by atomic mass is 10.0. The molecule has 0 aromatic heterocycles. The van der Waals surface area contributed by atoms with Gasteiger partial charge in [0.25, 0.3) is 0 Å². The Kier molecular flexibility index (Phi) is 9.16. The third kappa shape index (κ3) is 8.46. The summed E-state index contributed by atoms with van der Waals surface area (Å²) in [5, 5.41) is 16.1. The first-order valence-electron chi connectivity index (χ1n) is 7.48. The van der Waals surface area contributed by atoms with Crippen molar-refractivity contribution in [3.05, 3.63) is 0 Å². The number of hydrogen-bond acceptors (Lipinski definition) is 4. The third-order valence-corrected chi connectivity index (χ3v) is 3.03. The predicted octanol–water partition coefficient (Wildman–Crippen LogP) is 0.0269. The monoisotopic (exact) mass is 316 g/mol. The number of nitrogens with one attached hydrogen (secondary N) is 3. The molecule has 6 N–H and O–H groups in total. The van der Waals surface area contributed by atoms with Crippen molar-refractivity contribution < 1.29 is 19.5 Å². The average molecular weight is 316 g/mol. The van der Waals surface area contributed by atoms with E-state index in [4.69, 9.17) is 10.8 Å². The summed E-state index contributed by atoms with van der Waals surface area (Å²) in [6.07, 6.45) is -0.358. The number of carbonyl (C=O) groups is 3. The van der Waals surface area contributed by atoms with Crippen LogP contribution in [-0.4, -0.2) is 47.7 Å². The second kappa shape index (κ2) is 9.99. The Morgan fingerprint density at radius 3 is 2.09 bits per heavy atom. The van der Waals surface area contributed by atoms with Crippen molar-refractivity contribution in [2.24, 2.45) is 11.7 Å². The van der Waals surface area contributed by atoms with Crippen molar-refractivity contribution in [1.29, 1.82) is 0 Å². The summed E-state index contributed by atoms with van der Waals surface area (Å²) < 4.78 is 0. The number of carbonyl (C=O) groups excluding carboxylic acids is 2. The number of hydrogen-bond donors (Lipinski definition) is 5. The molecule has 0 heterocycles. The maximum absolute atomic E-state index is 12.1. The largest absolute Gasteiger partial charge is 0.465 e. The zero-order valence-electron chi connectivity index (χ0n) is 13.7. The number of nitrogens with two attached hydrogens (primary N) is 1. The molecule has 0 aromatic rings. The Balaban J connectivity index is 4.61. The van der Waals surface area contributed by atoms with Gasteiger partial charge in [0.15, 0.2) is 0 Å². The van der Waals surface area contributed by atoms with Crippen LogP contribution >= 0.6 is 0 Å². The van der Waals surface area contributed by atoms with Gasteiger partial charge in [0, 0.05) is 12.6 Å². The first-order chi connectivity index (χ1) is 10.1. The quantitative estimate of drug-likeness (QED) is 0.383. The fraction of sp³-hybridized carbons (Fsp3) is 0.786. The Morgan fingerprint density at radius 2 is 1.64 bits per heavy atom. The molecule has 2 atom stereocenters. The lowest BCUT2D eigenvalue weighted by Crippen LogP contribution is -2.53. The van der Waals surface area contributed by atoms with Gasteiger partial charge < -0.3 is 26.8 Å². The van der Waals surface area contributed by atoms with Crippen molar-refractivity contribution in [3.8, 4) is 0 Å². The lowest BCUT2D eigenvalue weighted by molar-refractivity contribution is -0.130. The SMILES string of the molecule is CC(C)NC(=O)C(CCCNC(=O)O)NC(=O)C(N)C(C)C.